The molecule has 0 fully saturated rings. The number of benzene rings is 3. The molecule has 3 aromatic rings. The fourth-order valence-electron chi connectivity index (χ4n) is 3.17. The lowest BCUT2D eigenvalue weighted by molar-refractivity contribution is 0.0766. The minimum Gasteiger partial charge on any atom is -0.339 e. The molecule has 162 valence electrons. The molecule has 0 aromatic heterocycles. The fraction of sp³-hybridized carbons (Fsp3) is 0.208. The maximum absolute atomic E-state index is 13.8. The van der Waals surface area contributed by atoms with Crippen LogP contribution in [-0.4, -0.2) is 32.3 Å². The molecule has 5 nitrogen and oxygen atoms in total. The Hall–Kier alpha value is -3.19. The van der Waals surface area contributed by atoms with Gasteiger partial charge < -0.3 is 4.90 Å². The van der Waals surface area contributed by atoms with Gasteiger partial charge in [-0.25, -0.2) is 12.8 Å². The Kier molecular flexibility index (Phi) is 7.07. The van der Waals surface area contributed by atoms with E-state index < -0.39 is 15.8 Å². The predicted molar refractivity (Wildman–Crippen MR) is 120 cm³/mol. The van der Waals surface area contributed by atoms with Crippen LogP contribution in [0, 0.1) is 12.7 Å². The Morgan fingerprint density at radius 2 is 1.74 bits per heavy atom. The van der Waals surface area contributed by atoms with Crippen LogP contribution in [-0.2, 0) is 16.4 Å². The topological polar surface area (TPSA) is 66.5 Å². The van der Waals surface area contributed by atoms with Crippen LogP contribution in [0.1, 0.15) is 28.4 Å². The average Bonchev–Trinajstić information content (AvgIpc) is 2.76. The molecule has 3 aromatic carbocycles. The summed E-state index contributed by atoms with van der Waals surface area (Å²) in [5, 5.41) is 0. The van der Waals surface area contributed by atoms with Crippen molar-refractivity contribution < 1.29 is 17.6 Å². The highest BCUT2D eigenvalue weighted by atomic mass is 32.2. The van der Waals surface area contributed by atoms with Crippen molar-refractivity contribution >= 4 is 21.6 Å². The summed E-state index contributed by atoms with van der Waals surface area (Å²) in [6.07, 6.45) is 0.728. The van der Waals surface area contributed by atoms with Crippen molar-refractivity contribution in [2.45, 2.75) is 25.2 Å². The first-order valence-electron chi connectivity index (χ1n) is 10.0. The van der Waals surface area contributed by atoms with Gasteiger partial charge in [-0.05, 0) is 61.7 Å². The number of hydrogen-bond acceptors (Lipinski definition) is 3. The molecular formula is C24H25FN2O3S. The van der Waals surface area contributed by atoms with Crippen LogP contribution in [0.15, 0.2) is 77.7 Å². The van der Waals surface area contributed by atoms with Crippen LogP contribution < -0.4 is 4.72 Å². The lowest BCUT2D eigenvalue weighted by Gasteiger charge is -2.21. The minimum absolute atomic E-state index is 0.176. The first-order valence-corrected chi connectivity index (χ1v) is 11.5. The zero-order chi connectivity index (χ0) is 22.4. The predicted octanol–water partition coefficient (Wildman–Crippen LogP) is 4.64. The van der Waals surface area contributed by atoms with Crippen molar-refractivity contribution in [3.05, 3.63) is 95.3 Å². The molecule has 31 heavy (non-hydrogen) atoms. The van der Waals surface area contributed by atoms with E-state index in [1.165, 1.54) is 18.2 Å². The fourth-order valence-corrected chi connectivity index (χ4v) is 4.23. The molecule has 7 heteroatoms. The van der Waals surface area contributed by atoms with Gasteiger partial charge in [0.25, 0.3) is 15.9 Å². The van der Waals surface area contributed by atoms with E-state index in [-0.39, 0.29) is 16.5 Å². The van der Waals surface area contributed by atoms with Gasteiger partial charge in [-0.2, -0.15) is 0 Å². The van der Waals surface area contributed by atoms with Crippen LogP contribution in [0.5, 0.6) is 0 Å². The lowest BCUT2D eigenvalue weighted by Crippen LogP contribution is -2.32. The van der Waals surface area contributed by atoms with Crippen molar-refractivity contribution in [1.29, 1.82) is 0 Å². The summed E-state index contributed by atoms with van der Waals surface area (Å²) < 4.78 is 41.5. The summed E-state index contributed by atoms with van der Waals surface area (Å²) in [5.41, 5.74) is 2.12. The molecule has 0 bridgehead atoms. The first kappa shape index (κ1) is 22.5. The van der Waals surface area contributed by atoms with Crippen LogP contribution in [0.25, 0.3) is 0 Å². The van der Waals surface area contributed by atoms with Gasteiger partial charge in [-0.15, -0.1) is 0 Å². The number of amides is 1. The normalized spacial score (nSPS) is 11.2. The first-order chi connectivity index (χ1) is 14.8. The summed E-state index contributed by atoms with van der Waals surface area (Å²) in [4.78, 5) is 14.5. The summed E-state index contributed by atoms with van der Waals surface area (Å²) in [6, 6.07) is 20.0. The van der Waals surface area contributed by atoms with Crippen molar-refractivity contribution in [3.63, 3.8) is 0 Å². The highest BCUT2D eigenvalue weighted by molar-refractivity contribution is 7.92. The third kappa shape index (κ3) is 5.70. The number of sulfonamides is 1. The molecule has 0 atom stereocenters. The van der Waals surface area contributed by atoms with Crippen LogP contribution >= 0.6 is 0 Å². The molecule has 0 saturated heterocycles. The van der Waals surface area contributed by atoms with Crippen molar-refractivity contribution in [3.8, 4) is 0 Å². The Bertz CT molecular complexity index is 1160. The molecule has 0 aliphatic heterocycles. The van der Waals surface area contributed by atoms with E-state index in [4.69, 9.17) is 0 Å². The number of aryl methyl sites for hydroxylation is 1. The molecular weight excluding hydrogens is 415 g/mol. The van der Waals surface area contributed by atoms with E-state index in [2.05, 4.69) is 4.72 Å². The quantitative estimate of drug-likeness (QED) is 0.555. The minimum atomic E-state index is -3.98. The van der Waals surface area contributed by atoms with E-state index in [9.17, 15) is 17.6 Å². The second kappa shape index (κ2) is 9.75. The monoisotopic (exact) mass is 440 g/mol. The van der Waals surface area contributed by atoms with Gasteiger partial charge in [-0.3, -0.25) is 9.52 Å². The molecule has 0 aliphatic rings. The second-order valence-electron chi connectivity index (χ2n) is 7.22. The molecule has 0 aliphatic carbocycles. The van der Waals surface area contributed by atoms with E-state index in [0.717, 1.165) is 18.1 Å². The van der Waals surface area contributed by atoms with E-state index in [1.807, 2.05) is 37.3 Å². The third-order valence-electron chi connectivity index (χ3n) is 5.00. The summed E-state index contributed by atoms with van der Waals surface area (Å²) in [6.45, 7) is 4.55. The second-order valence-corrected chi connectivity index (χ2v) is 8.90. The van der Waals surface area contributed by atoms with Gasteiger partial charge in [0.2, 0.25) is 0 Å². The van der Waals surface area contributed by atoms with Crippen LogP contribution in [0.3, 0.4) is 0 Å². The van der Waals surface area contributed by atoms with E-state index in [0.29, 0.717) is 24.2 Å². The molecule has 0 radical (unpaired) electrons. The van der Waals surface area contributed by atoms with Gasteiger partial charge >= 0.3 is 0 Å². The third-order valence-corrected chi connectivity index (χ3v) is 6.38. The average molecular weight is 441 g/mol. The van der Waals surface area contributed by atoms with Gasteiger partial charge in [0, 0.05) is 24.3 Å². The Morgan fingerprint density at radius 1 is 1.00 bits per heavy atom. The number of nitrogens with zero attached hydrogens (tertiary/aromatic N) is 1. The van der Waals surface area contributed by atoms with Gasteiger partial charge in [0.1, 0.15) is 5.82 Å². The number of nitrogens with one attached hydrogen (secondary N) is 1. The van der Waals surface area contributed by atoms with Crippen LogP contribution in [0.2, 0.25) is 0 Å². The SMILES string of the molecule is CCN(CCc1ccccc1)C(=O)c1cccc(NS(=O)(=O)c2ccc(C)c(F)c2)c1. The van der Waals surface area contributed by atoms with Gasteiger partial charge in [0.15, 0.2) is 0 Å². The van der Waals surface area contributed by atoms with Crippen molar-refractivity contribution in [2.75, 3.05) is 17.8 Å². The highest BCUT2D eigenvalue weighted by Gasteiger charge is 2.18. The number of carbonyl (C=O) groups is 1. The van der Waals surface area contributed by atoms with Crippen molar-refractivity contribution in [2.24, 2.45) is 0 Å². The number of hydrogen-bond donors (Lipinski definition) is 1. The Labute approximate surface area is 182 Å². The largest absolute Gasteiger partial charge is 0.339 e. The maximum Gasteiger partial charge on any atom is 0.261 e. The molecule has 0 heterocycles. The zero-order valence-corrected chi connectivity index (χ0v) is 18.3. The van der Waals surface area contributed by atoms with Gasteiger partial charge in [0.05, 0.1) is 4.90 Å². The molecule has 3 rings (SSSR count). The molecule has 0 unspecified atom stereocenters. The van der Waals surface area contributed by atoms with E-state index >= 15 is 0 Å². The van der Waals surface area contributed by atoms with Gasteiger partial charge in [-0.1, -0.05) is 42.5 Å². The number of halogens is 1. The molecule has 0 saturated carbocycles. The van der Waals surface area contributed by atoms with Crippen molar-refractivity contribution in [1.82, 2.24) is 4.90 Å². The Balaban J connectivity index is 1.75. The summed E-state index contributed by atoms with van der Waals surface area (Å²) in [7, 11) is -3.98. The Morgan fingerprint density at radius 3 is 2.42 bits per heavy atom. The lowest BCUT2D eigenvalue weighted by atomic mass is 10.1. The standard InChI is InChI=1S/C24H25FN2O3S/c1-3-27(15-14-19-8-5-4-6-9-19)24(28)20-10-7-11-21(16-20)26-31(29,30)22-13-12-18(2)23(25)17-22/h4-13,16-17,26H,3,14-15H2,1-2H3. The summed E-state index contributed by atoms with van der Waals surface area (Å²) >= 11 is 0. The van der Waals surface area contributed by atoms with E-state index in [1.54, 1.807) is 30.0 Å². The maximum atomic E-state index is 13.8. The summed E-state index contributed by atoms with van der Waals surface area (Å²) in [5.74, 6) is -0.773. The number of rotatable bonds is 8. The molecule has 0 spiro atoms. The number of likely N-dealkylation sites (N-methyl/N-ethyl adjacent to an activating group) is 1. The number of carbonyl (C=O) groups excluding carboxylic acids is 1. The van der Waals surface area contributed by atoms with Crippen LogP contribution in [0.4, 0.5) is 10.1 Å². The smallest absolute Gasteiger partial charge is 0.261 e. The zero-order valence-electron chi connectivity index (χ0n) is 17.5. The number of anilines is 1. The molecule has 1 amide bonds. The highest BCUT2D eigenvalue weighted by Crippen LogP contribution is 2.20. The molecule has 1 N–H and O–H groups in total.